The van der Waals surface area contributed by atoms with Crippen molar-refractivity contribution in [2.24, 2.45) is 0 Å². The van der Waals surface area contributed by atoms with E-state index in [1.807, 2.05) is 18.2 Å². The molecule has 0 saturated heterocycles. The largest absolute Gasteiger partial charge is 0.455 e. The van der Waals surface area contributed by atoms with E-state index in [1.165, 1.54) is 0 Å². The summed E-state index contributed by atoms with van der Waals surface area (Å²) in [6.07, 6.45) is 0. The molecule has 0 saturated carbocycles. The van der Waals surface area contributed by atoms with Gasteiger partial charge >= 0.3 is 0 Å². The number of hydrogen-bond acceptors (Lipinski definition) is 4. The third-order valence-electron chi connectivity index (χ3n) is 11.0. The quantitative estimate of drug-likeness (QED) is 0.185. The van der Waals surface area contributed by atoms with Gasteiger partial charge in [-0.3, -0.25) is 4.57 Å². The van der Waals surface area contributed by atoms with E-state index in [4.69, 9.17) is 19.4 Å². The van der Waals surface area contributed by atoms with E-state index in [2.05, 4.69) is 156 Å². The first-order valence-electron chi connectivity index (χ1n) is 18.2. The molecule has 5 nitrogen and oxygen atoms in total. The lowest BCUT2D eigenvalue weighted by Crippen LogP contribution is -2.07. The Kier molecular flexibility index (Phi) is 5.99. The number of hydrogen-bond donors (Lipinski definition) is 0. The van der Waals surface area contributed by atoms with Gasteiger partial charge in [-0.2, -0.15) is 9.97 Å². The highest BCUT2D eigenvalue weighted by atomic mass is 16.3. The topological polar surface area (TPSA) is 56.7 Å². The van der Waals surface area contributed by atoms with Gasteiger partial charge in [-0.25, -0.2) is 4.98 Å². The van der Waals surface area contributed by atoms with Crippen molar-refractivity contribution in [1.29, 1.82) is 0 Å². The molecule has 0 bridgehead atoms. The molecule has 250 valence electrons. The van der Waals surface area contributed by atoms with Crippen LogP contribution in [0.15, 0.2) is 174 Å². The lowest BCUT2D eigenvalue weighted by atomic mass is 9.98. The molecule has 0 fully saturated rings. The summed E-state index contributed by atoms with van der Waals surface area (Å²) >= 11 is 0. The Morgan fingerprint density at radius 1 is 0.352 bits per heavy atom. The van der Waals surface area contributed by atoms with Gasteiger partial charge in [0.1, 0.15) is 11.2 Å². The van der Waals surface area contributed by atoms with Gasteiger partial charge in [-0.1, -0.05) is 164 Å². The van der Waals surface area contributed by atoms with Gasteiger partial charge in [0.2, 0.25) is 5.95 Å². The Hall–Kier alpha value is -7.37. The van der Waals surface area contributed by atoms with Crippen molar-refractivity contribution in [3.63, 3.8) is 0 Å². The molecule has 9 aromatic carbocycles. The number of furan rings is 1. The zero-order chi connectivity index (χ0) is 35.3. The van der Waals surface area contributed by atoms with Crippen LogP contribution in [0, 0.1) is 0 Å². The smallest absolute Gasteiger partial charge is 0.238 e. The fraction of sp³-hybridized carbons (Fsp3) is 0. The Balaban J connectivity index is 1.32. The van der Waals surface area contributed by atoms with Crippen LogP contribution in [0.4, 0.5) is 0 Å². The number of benzene rings is 9. The lowest BCUT2D eigenvalue weighted by molar-refractivity contribution is 0.676. The molecule has 5 heteroatoms. The predicted octanol–water partition coefficient (Wildman–Crippen LogP) is 12.8. The van der Waals surface area contributed by atoms with Gasteiger partial charge in [0.05, 0.1) is 11.0 Å². The molecule has 12 aromatic rings. The highest BCUT2D eigenvalue weighted by molar-refractivity contribution is 6.38. The Bertz CT molecular complexity index is 3500. The third-order valence-corrected chi connectivity index (χ3v) is 11.0. The van der Waals surface area contributed by atoms with Crippen LogP contribution in [0.25, 0.3) is 116 Å². The van der Waals surface area contributed by atoms with Crippen LogP contribution in [0.3, 0.4) is 0 Å². The maximum absolute atomic E-state index is 6.98. The van der Waals surface area contributed by atoms with E-state index >= 15 is 0 Å². The summed E-state index contributed by atoms with van der Waals surface area (Å²) in [7, 11) is 0. The van der Waals surface area contributed by atoms with Crippen LogP contribution >= 0.6 is 0 Å². The van der Waals surface area contributed by atoms with Crippen molar-refractivity contribution in [3.8, 4) is 28.7 Å². The molecular formula is C49H28N4O. The minimum absolute atomic E-state index is 0.561. The molecule has 54 heavy (non-hydrogen) atoms. The highest BCUT2D eigenvalue weighted by Gasteiger charge is 2.26. The summed E-state index contributed by atoms with van der Waals surface area (Å²) in [6, 6.07) is 59.5. The van der Waals surface area contributed by atoms with Crippen molar-refractivity contribution in [2.45, 2.75) is 0 Å². The predicted molar refractivity (Wildman–Crippen MR) is 222 cm³/mol. The van der Waals surface area contributed by atoms with Crippen LogP contribution < -0.4 is 0 Å². The molecule has 0 aliphatic heterocycles. The van der Waals surface area contributed by atoms with Crippen molar-refractivity contribution >= 4 is 86.8 Å². The summed E-state index contributed by atoms with van der Waals surface area (Å²) in [5.41, 5.74) is 5.74. The van der Waals surface area contributed by atoms with Gasteiger partial charge in [-0.15, -0.1) is 0 Å². The third kappa shape index (κ3) is 4.06. The molecule has 0 aliphatic carbocycles. The van der Waals surface area contributed by atoms with E-state index < -0.39 is 0 Å². The monoisotopic (exact) mass is 688 g/mol. The van der Waals surface area contributed by atoms with Crippen molar-refractivity contribution < 1.29 is 4.42 Å². The van der Waals surface area contributed by atoms with E-state index in [-0.39, 0.29) is 0 Å². The summed E-state index contributed by atoms with van der Waals surface area (Å²) in [5.74, 6) is 1.80. The van der Waals surface area contributed by atoms with Gasteiger partial charge in [0.15, 0.2) is 11.6 Å². The fourth-order valence-corrected chi connectivity index (χ4v) is 8.63. The number of fused-ring (bicyclic) bond motifs is 15. The molecule has 0 radical (unpaired) electrons. The minimum atomic E-state index is 0.561. The van der Waals surface area contributed by atoms with Gasteiger partial charge in [-0.05, 0) is 27.6 Å². The maximum atomic E-state index is 6.98. The molecule has 3 heterocycles. The van der Waals surface area contributed by atoms with Crippen molar-refractivity contribution in [3.05, 3.63) is 170 Å². The average Bonchev–Trinajstić information content (AvgIpc) is 3.81. The summed E-state index contributed by atoms with van der Waals surface area (Å²) in [5, 5.41) is 13.3. The first kappa shape index (κ1) is 29.2. The Labute approximate surface area is 308 Å². The first-order chi connectivity index (χ1) is 26.8. The molecule has 0 amide bonds. The van der Waals surface area contributed by atoms with Crippen LogP contribution in [-0.4, -0.2) is 19.5 Å². The number of rotatable bonds is 3. The second-order valence-corrected chi connectivity index (χ2v) is 13.9. The standard InChI is InChI=1S/C49H28N4O/c1-2-16-32(17-3-1)47-50-48(38-24-12-18-29-13-4-7-19-33(29)38)52-49(51-47)53-43-34-20-8-5-14-30(34)25-27-39(43)41-42-40-28-26-31-15-6-9-21-35(31)45(40)54-46(42)37-23-11-10-22-36(37)44(41)53/h1-28H. The van der Waals surface area contributed by atoms with E-state index in [0.29, 0.717) is 17.6 Å². The summed E-state index contributed by atoms with van der Waals surface area (Å²) in [6.45, 7) is 0. The molecule has 0 aliphatic rings. The molecule has 0 N–H and O–H groups in total. The van der Waals surface area contributed by atoms with Gasteiger partial charge in [0, 0.05) is 54.2 Å². The summed E-state index contributed by atoms with van der Waals surface area (Å²) < 4.78 is 9.27. The molecule has 12 rings (SSSR count). The van der Waals surface area contributed by atoms with Crippen LogP contribution in [0.2, 0.25) is 0 Å². The molecular weight excluding hydrogens is 661 g/mol. The van der Waals surface area contributed by atoms with E-state index in [0.717, 1.165) is 98.0 Å². The number of nitrogens with zero attached hydrogens (tertiary/aromatic N) is 4. The van der Waals surface area contributed by atoms with Crippen molar-refractivity contribution in [2.75, 3.05) is 0 Å². The van der Waals surface area contributed by atoms with Crippen molar-refractivity contribution in [1.82, 2.24) is 19.5 Å². The molecule has 0 atom stereocenters. The van der Waals surface area contributed by atoms with Crippen LogP contribution in [0.5, 0.6) is 0 Å². The van der Waals surface area contributed by atoms with E-state index in [9.17, 15) is 0 Å². The first-order valence-corrected chi connectivity index (χ1v) is 18.2. The molecule has 3 aromatic heterocycles. The Morgan fingerprint density at radius 2 is 0.944 bits per heavy atom. The normalized spacial score (nSPS) is 12.1. The average molecular weight is 689 g/mol. The molecule has 0 unspecified atom stereocenters. The fourth-order valence-electron chi connectivity index (χ4n) is 8.63. The Morgan fingerprint density at radius 3 is 1.74 bits per heavy atom. The maximum Gasteiger partial charge on any atom is 0.238 e. The van der Waals surface area contributed by atoms with E-state index in [1.54, 1.807) is 0 Å². The zero-order valence-electron chi connectivity index (χ0n) is 28.9. The summed E-state index contributed by atoms with van der Waals surface area (Å²) in [4.78, 5) is 16.0. The van der Waals surface area contributed by atoms with Gasteiger partial charge < -0.3 is 4.42 Å². The number of aromatic nitrogens is 4. The highest BCUT2D eigenvalue weighted by Crippen LogP contribution is 2.48. The SMILES string of the molecule is c1ccc(-c2nc(-c3cccc4ccccc34)nc(-n3c4c5ccccc5ccc4c4c5c6ccc7ccccc7c6oc5c5ccccc5c43)n2)cc1. The van der Waals surface area contributed by atoms with Gasteiger partial charge in [0.25, 0.3) is 0 Å². The molecule has 0 spiro atoms. The second kappa shape index (κ2) is 11.1. The minimum Gasteiger partial charge on any atom is -0.455 e. The van der Waals surface area contributed by atoms with Crippen LogP contribution in [0.1, 0.15) is 0 Å². The lowest BCUT2D eigenvalue weighted by Gasteiger charge is -2.13. The second-order valence-electron chi connectivity index (χ2n) is 13.9. The van der Waals surface area contributed by atoms with Crippen LogP contribution in [-0.2, 0) is 0 Å². The zero-order valence-corrected chi connectivity index (χ0v) is 28.9.